The van der Waals surface area contributed by atoms with Gasteiger partial charge in [-0.05, 0) is 88.9 Å². The van der Waals surface area contributed by atoms with E-state index in [0.29, 0.717) is 0 Å². The molecular formula is C33H37N3O. The highest BCUT2D eigenvalue weighted by Crippen LogP contribution is 2.51. The van der Waals surface area contributed by atoms with E-state index in [-0.39, 0.29) is 17.0 Å². The van der Waals surface area contributed by atoms with E-state index in [1.807, 2.05) is 18.2 Å². The molecule has 1 N–H and O–H groups in total. The fourth-order valence-electron chi connectivity index (χ4n) is 7.07. The summed E-state index contributed by atoms with van der Waals surface area (Å²) in [5.74, 6) is 0.161. The van der Waals surface area contributed by atoms with Crippen molar-refractivity contribution in [3.8, 4) is 0 Å². The van der Waals surface area contributed by atoms with Crippen molar-refractivity contribution >= 4 is 16.8 Å². The number of aromatic amines is 1. The van der Waals surface area contributed by atoms with E-state index in [2.05, 4.69) is 96.5 Å². The van der Waals surface area contributed by atoms with Crippen molar-refractivity contribution in [2.24, 2.45) is 0 Å². The molecule has 0 atom stereocenters. The largest absolute Gasteiger partial charge is 0.356 e. The monoisotopic (exact) mass is 491 g/mol. The minimum atomic E-state index is -0.316. The number of aryl methyl sites for hydroxylation is 1. The lowest BCUT2D eigenvalue weighted by Crippen LogP contribution is -2.59. The maximum Gasteiger partial charge on any atom is 0.254 e. The number of rotatable bonds is 4. The number of para-hydroxylation sites is 1. The lowest BCUT2D eigenvalue weighted by Gasteiger charge is -2.55. The molecule has 1 aliphatic heterocycles. The molecular weight excluding hydrogens is 454 g/mol. The molecule has 190 valence electrons. The Bertz CT molecular complexity index is 1430. The van der Waals surface area contributed by atoms with Crippen LogP contribution in [0.5, 0.6) is 0 Å². The quantitative estimate of drug-likeness (QED) is 0.355. The number of hydrogen-bond acceptors (Lipinski definition) is 2. The van der Waals surface area contributed by atoms with Gasteiger partial charge in [0.15, 0.2) is 0 Å². The lowest BCUT2D eigenvalue weighted by molar-refractivity contribution is -0.0123. The molecule has 1 saturated carbocycles. The van der Waals surface area contributed by atoms with Crippen LogP contribution in [0.4, 0.5) is 0 Å². The van der Waals surface area contributed by atoms with Gasteiger partial charge in [0.05, 0.1) is 5.54 Å². The topological polar surface area (TPSA) is 39.3 Å². The van der Waals surface area contributed by atoms with Crippen LogP contribution < -0.4 is 0 Å². The van der Waals surface area contributed by atoms with Gasteiger partial charge in [0.25, 0.3) is 5.91 Å². The number of nitrogens with one attached hydrogen (secondary N) is 1. The van der Waals surface area contributed by atoms with Crippen molar-refractivity contribution in [2.75, 3.05) is 20.6 Å². The fraction of sp³-hybridized carbons (Fsp3) is 0.364. The van der Waals surface area contributed by atoms with Gasteiger partial charge in [0.1, 0.15) is 0 Å². The van der Waals surface area contributed by atoms with Gasteiger partial charge in [0.2, 0.25) is 0 Å². The summed E-state index contributed by atoms with van der Waals surface area (Å²) >= 11 is 0. The Hall–Kier alpha value is -3.37. The maximum atomic E-state index is 14.1. The molecule has 1 fully saturated rings. The van der Waals surface area contributed by atoms with E-state index < -0.39 is 0 Å². The maximum absolute atomic E-state index is 14.1. The third-order valence-corrected chi connectivity index (χ3v) is 9.22. The number of aromatic nitrogens is 1. The van der Waals surface area contributed by atoms with Gasteiger partial charge in [-0.2, -0.15) is 0 Å². The first-order valence-corrected chi connectivity index (χ1v) is 13.6. The highest BCUT2D eigenvalue weighted by atomic mass is 16.2. The van der Waals surface area contributed by atoms with E-state index in [4.69, 9.17) is 0 Å². The smallest absolute Gasteiger partial charge is 0.254 e. The van der Waals surface area contributed by atoms with Crippen LogP contribution in [0.25, 0.3) is 10.9 Å². The molecule has 2 aliphatic rings. The van der Waals surface area contributed by atoms with Crippen LogP contribution in [0.3, 0.4) is 0 Å². The van der Waals surface area contributed by atoms with Gasteiger partial charge in [-0.1, -0.05) is 66.2 Å². The number of fused-ring (bicyclic) bond motifs is 4. The number of H-pyrrole nitrogens is 1. The standard InChI is InChI=1S/C33H37N3O/c1-24-10-9-13-26(22-24)31(37)36-21-16-28-27-14-7-8-15-29(27)34-30(28)33(36)19-17-32(18-20-33,35(2)3)23-25-11-5-4-6-12-25/h4-15,22,34H,16-21,23H2,1-3H3. The van der Waals surface area contributed by atoms with Crippen LogP contribution in [-0.4, -0.2) is 46.9 Å². The van der Waals surface area contributed by atoms with Gasteiger partial charge in [0, 0.05) is 34.2 Å². The van der Waals surface area contributed by atoms with Crippen molar-refractivity contribution in [1.82, 2.24) is 14.8 Å². The second-order valence-electron chi connectivity index (χ2n) is 11.4. The first-order chi connectivity index (χ1) is 17.9. The fourth-order valence-corrected chi connectivity index (χ4v) is 7.07. The predicted octanol–water partition coefficient (Wildman–Crippen LogP) is 6.49. The minimum absolute atomic E-state index is 0.0777. The number of benzene rings is 3. The number of hydrogen-bond donors (Lipinski definition) is 1. The number of nitrogens with zero attached hydrogens (tertiary/aromatic N) is 2. The molecule has 4 heteroatoms. The molecule has 0 saturated heterocycles. The van der Waals surface area contributed by atoms with Gasteiger partial charge in [-0.3, -0.25) is 4.79 Å². The molecule has 6 rings (SSSR count). The number of carbonyl (C=O) groups is 1. The van der Waals surface area contributed by atoms with Crippen molar-refractivity contribution in [1.29, 1.82) is 0 Å². The highest BCUT2D eigenvalue weighted by Gasteiger charge is 2.52. The molecule has 0 bridgehead atoms. The minimum Gasteiger partial charge on any atom is -0.356 e. The third kappa shape index (κ3) is 3.99. The summed E-state index contributed by atoms with van der Waals surface area (Å²) in [6.07, 6.45) is 5.91. The zero-order chi connectivity index (χ0) is 25.6. The highest BCUT2D eigenvalue weighted by molar-refractivity contribution is 5.96. The molecule has 4 aromatic rings. The van der Waals surface area contributed by atoms with Crippen molar-refractivity contribution in [3.63, 3.8) is 0 Å². The third-order valence-electron chi connectivity index (χ3n) is 9.22. The Morgan fingerprint density at radius 1 is 0.919 bits per heavy atom. The summed E-state index contributed by atoms with van der Waals surface area (Å²) in [6.45, 7) is 2.82. The number of carbonyl (C=O) groups excluding carboxylic acids is 1. The van der Waals surface area contributed by atoms with Gasteiger partial charge in [-0.15, -0.1) is 0 Å². The van der Waals surface area contributed by atoms with Gasteiger partial charge >= 0.3 is 0 Å². The lowest BCUT2D eigenvalue weighted by atomic mass is 9.65. The van der Waals surface area contributed by atoms with Gasteiger partial charge in [-0.25, -0.2) is 0 Å². The van der Waals surface area contributed by atoms with Crippen molar-refractivity contribution < 1.29 is 4.79 Å². The van der Waals surface area contributed by atoms with E-state index in [9.17, 15) is 4.79 Å². The Balaban J connectivity index is 1.42. The van der Waals surface area contributed by atoms with Crippen molar-refractivity contribution in [2.45, 2.75) is 56.5 Å². The molecule has 2 heterocycles. The number of amides is 1. The molecule has 0 radical (unpaired) electrons. The molecule has 1 spiro atoms. The average molecular weight is 492 g/mol. The van der Waals surface area contributed by atoms with E-state index in [1.54, 1.807) is 0 Å². The molecule has 37 heavy (non-hydrogen) atoms. The first kappa shape index (κ1) is 24.0. The Morgan fingerprint density at radius 3 is 2.38 bits per heavy atom. The van der Waals surface area contributed by atoms with Crippen LogP contribution in [0, 0.1) is 6.92 Å². The SMILES string of the molecule is Cc1cccc(C(=O)N2CCc3c([nH]c4ccccc34)C23CCC(Cc2ccccc2)(N(C)C)CC3)c1. The molecule has 4 nitrogen and oxygen atoms in total. The van der Waals surface area contributed by atoms with Gasteiger partial charge < -0.3 is 14.8 Å². The number of likely N-dealkylation sites (N-methyl/N-ethyl adjacent to an activating group) is 1. The summed E-state index contributed by atoms with van der Waals surface area (Å²) in [4.78, 5) is 22.6. The summed E-state index contributed by atoms with van der Waals surface area (Å²) < 4.78 is 0. The van der Waals surface area contributed by atoms with E-state index >= 15 is 0 Å². The second-order valence-corrected chi connectivity index (χ2v) is 11.4. The predicted molar refractivity (Wildman–Crippen MR) is 151 cm³/mol. The summed E-state index contributed by atoms with van der Waals surface area (Å²) in [7, 11) is 4.46. The van der Waals surface area contributed by atoms with Crippen LogP contribution >= 0.6 is 0 Å². The van der Waals surface area contributed by atoms with Crippen LogP contribution in [0.1, 0.15) is 58.4 Å². The summed E-state index contributed by atoms with van der Waals surface area (Å²) in [5, 5.41) is 1.31. The van der Waals surface area contributed by atoms with E-state index in [1.165, 1.54) is 27.7 Å². The van der Waals surface area contributed by atoms with Crippen LogP contribution in [-0.2, 0) is 18.4 Å². The molecule has 1 aliphatic carbocycles. The molecule has 1 amide bonds. The molecule has 0 unspecified atom stereocenters. The zero-order valence-electron chi connectivity index (χ0n) is 22.3. The zero-order valence-corrected chi connectivity index (χ0v) is 22.3. The molecule has 1 aromatic heterocycles. The molecule has 3 aromatic carbocycles. The average Bonchev–Trinajstić information content (AvgIpc) is 3.30. The first-order valence-electron chi connectivity index (χ1n) is 13.6. The Morgan fingerprint density at radius 2 is 1.65 bits per heavy atom. The second kappa shape index (κ2) is 9.18. The summed E-state index contributed by atoms with van der Waals surface area (Å²) in [5.41, 5.74) is 6.93. The Labute approximate surface area is 220 Å². The Kier molecular flexibility index (Phi) is 5.95. The van der Waals surface area contributed by atoms with E-state index in [0.717, 1.165) is 56.2 Å². The van der Waals surface area contributed by atoms with Crippen molar-refractivity contribution in [3.05, 3.63) is 107 Å². The van der Waals surface area contributed by atoms with Crippen LogP contribution in [0.15, 0.2) is 78.9 Å². The summed E-state index contributed by atoms with van der Waals surface area (Å²) in [6, 6.07) is 27.6. The normalized spacial score (nSPS) is 23.5. The van der Waals surface area contributed by atoms with Crippen LogP contribution in [0.2, 0.25) is 0 Å².